The summed E-state index contributed by atoms with van der Waals surface area (Å²) < 4.78 is 26.8. The zero-order chi connectivity index (χ0) is 27.2. The van der Waals surface area contributed by atoms with E-state index in [0.717, 1.165) is 25.0 Å². The predicted octanol–water partition coefficient (Wildman–Crippen LogP) is 5.73. The molecule has 38 heavy (non-hydrogen) atoms. The average Bonchev–Trinajstić information content (AvgIpc) is 3.65. The molecule has 1 aromatic heterocycles. The molecule has 0 radical (unpaired) electrons. The van der Waals surface area contributed by atoms with Crippen molar-refractivity contribution in [3.8, 4) is 0 Å². The predicted molar refractivity (Wildman–Crippen MR) is 140 cm³/mol. The van der Waals surface area contributed by atoms with Crippen LogP contribution < -0.4 is 10.9 Å². The fraction of sp³-hybridized carbons (Fsp3) is 0.429. The summed E-state index contributed by atoms with van der Waals surface area (Å²) in [6.07, 6.45) is 1.43. The largest absolute Gasteiger partial charge is 0.459 e. The van der Waals surface area contributed by atoms with Crippen LogP contribution in [0.15, 0.2) is 47.3 Å². The first-order chi connectivity index (χ1) is 18.0. The molecule has 10 heteroatoms. The van der Waals surface area contributed by atoms with Crippen molar-refractivity contribution in [2.75, 3.05) is 0 Å². The molecule has 1 heterocycles. The van der Waals surface area contributed by atoms with Gasteiger partial charge in [-0.25, -0.2) is 19.0 Å². The molecule has 0 spiro atoms. The minimum Gasteiger partial charge on any atom is -0.459 e. The zero-order valence-corrected chi connectivity index (χ0v) is 22.1. The summed E-state index contributed by atoms with van der Waals surface area (Å²) in [5.74, 6) is -0.685. The maximum Gasteiger partial charge on any atom is 0.408 e. The van der Waals surface area contributed by atoms with Gasteiger partial charge in [0.25, 0.3) is 5.56 Å². The van der Waals surface area contributed by atoms with Crippen LogP contribution in [-0.2, 0) is 9.47 Å². The molecule has 2 aliphatic rings. The van der Waals surface area contributed by atoms with Gasteiger partial charge in [-0.05, 0) is 63.8 Å². The number of esters is 1. The molecule has 2 aliphatic carbocycles. The molecule has 2 saturated carbocycles. The molecule has 0 bridgehead atoms. The smallest absolute Gasteiger partial charge is 0.408 e. The van der Waals surface area contributed by atoms with Gasteiger partial charge in [0.2, 0.25) is 0 Å². The number of nitrogens with one attached hydrogen (secondary N) is 1. The van der Waals surface area contributed by atoms with E-state index < -0.39 is 41.2 Å². The summed E-state index contributed by atoms with van der Waals surface area (Å²) in [5, 5.41) is 2.96. The highest BCUT2D eigenvalue weighted by Gasteiger charge is 2.42. The van der Waals surface area contributed by atoms with Crippen LogP contribution in [0.4, 0.5) is 9.18 Å². The number of rotatable bonds is 6. The highest BCUT2D eigenvalue weighted by molar-refractivity contribution is 6.35. The number of alkyl carbamates (subject to hydrolysis) is 1. The Kier molecular flexibility index (Phi) is 6.90. The van der Waals surface area contributed by atoms with Gasteiger partial charge in [0, 0.05) is 18.9 Å². The lowest BCUT2D eigenvalue weighted by molar-refractivity contribution is -0.00957. The summed E-state index contributed by atoms with van der Waals surface area (Å²) in [4.78, 5) is 43.7. The van der Waals surface area contributed by atoms with Crippen molar-refractivity contribution in [3.05, 3.63) is 75.0 Å². The van der Waals surface area contributed by atoms with Crippen LogP contribution in [-0.4, -0.2) is 33.3 Å². The van der Waals surface area contributed by atoms with Gasteiger partial charge in [-0.15, -0.1) is 0 Å². The summed E-state index contributed by atoms with van der Waals surface area (Å²) in [6, 6.07) is 9.95. The summed E-state index contributed by atoms with van der Waals surface area (Å²) in [5.41, 5.74) is -0.547. The maximum absolute atomic E-state index is 14.2. The van der Waals surface area contributed by atoms with Crippen LogP contribution in [0.1, 0.15) is 74.7 Å². The number of aromatic nitrogens is 2. The van der Waals surface area contributed by atoms with Crippen molar-refractivity contribution in [1.29, 1.82) is 0 Å². The molecule has 0 unspecified atom stereocenters. The second-order valence-electron chi connectivity index (χ2n) is 10.9. The monoisotopic (exact) mass is 541 g/mol. The maximum atomic E-state index is 14.2. The van der Waals surface area contributed by atoms with Crippen LogP contribution >= 0.6 is 11.6 Å². The van der Waals surface area contributed by atoms with Gasteiger partial charge in [-0.2, -0.15) is 0 Å². The first-order valence-electron chi connectivity index (χ1n) is 12.7. The van der Waals surface area contributed by atoms with E-state index in [1.54, 1.807) is 45.0 Å². The van der Waals surface area contributed by atoms with E-state index in [1.165, 1.54) is 4.57 Å². The van der Waals surface area contributed by atoms with Gasteiger partial charge >= 0.3 is 12.1 Å². The normalized spacial score (nSPS) is 19.9. The van der Waals surface area contributed by atoms with Crippen molar-refractivity contribution in [1.82, 2.24) is 14.9 Å². The van der Waals surface area contributed by atoms with Crippen LogP contribution in [0.2, 0.25) is 5.02 Å². The van der Waals surface area contributed by atoms with Gasteiger partial charge in [-0.3, -0.25) is 9.36 Å². The summed E-state index contributed by atoms with van der Waals surface area (Å²) in [7, 11) is 0. The molecule has 1 amide bonds. The molecular formula is C28H29ClFN3O5. The van der Waals surface area contributed by atoms with Crippen molar-refractivity contribution >= 4 is 34.6 Å². The molecule has 2 fully saturated rings. The summed E-state index contributed by atoms with van der Waals surface area (Å²) in [6.45, 7) is 5.30. The third-order valence-electron chi connectivity index (χ3n) is 6.71. The Morgan fingerprint density at radius 2 is 1.84 bits per heavy atom. The number of halogens is 2. The van der Waals surface area contributed by atoms with E-state index in [1.807, 2.05) is 6.07 Å². The van der Waals surface area contributed by atoms with E-state index in [4.69, 9.17) is 26.1 Å². The summed E-state index contributed by atoms with van der Waals surface area (Å²) >= 11 is 6.30. The van der Waals surface area contributed by atoms with E-state index in [9.17, 15) is 18.8 Å². The number of amides is 1. The Balaban J connectivity index is 1.48. The lowest BCUT2D eigenvalue weighted by Gasteiger charge is -2.38. The van der Waals surface area contributed by atoms with Crippen molar-refractivity contribution in [2.24, 2.45) is 5.92 Å². The lowest BCUT2D eigenvalue weighted by Crippen LogP contribution is -2.44. The average molecular weight is 542 g/mol. The molecule has 1 atom stereocenters. The SMILES string of the molecule is CC(C)(C)OC(=O)N[C@H](c1nc2c(Cl)cc(F)cc2c(=O)n1C1CC(OC(=O)c2ccccc2)C1)C1CC1. The number of benzene rings is 2. The van der Waals surface area contributed by atoms with Crippen molar-refractivity contribution < 1.29 is 23.5 Å². The number of hydrogen-bond donors (Lipinski definition) is 1. The molecule has 1 N–H and O–H groups in total. The highest BCUT2D eigenvalue weighted by atomic mass is 35.5. The van der Waals surface area contributed by atoms with E-state index in [-0.39, 0.29) is 27.9 Å². The Hall–Kier alpha value is -3.46. The topological polar surface area (TPSA) is 99.5 Å². The van der Waals surface area contributed by atoms with Crippen LogP contribution in [0.25, 0.3) is 10.9 Å². The molecule has 200 valence electrons. The Morgan fingerprint density at radius 3 is 2.47 bits per heavy atom. The fourth-order valence-corrected chi connectivity index (χ4v) is 4.96. The molecule has 0 saturated heterocycles. The van der Waals surface area contributed by atoms with Gasteiger partial charge in [0.05, 0.1) is 27.5 Å². The standard InChI is InChI=1S/C28H29ClFN3O5/c1-28(2,3)38-27(36)32-22(15-9-10-15)24-31-23-20(11-17(30)12-21(23)29)25(34)33(24)18-13-19(14-18)37-26(35)16-7-5-4-6-8-16/h4-8,11-12,15,18-19,22H,9-10,13-14H2,1-3H3,(H,32,36)/t18?,19?,22-/m0/s1. The zero-order valence-electron chi connectivity index (χ0n) is 21.4. The second-order valence-corrected chi connectivity index (χ2v) is 11.3. The third-order valence-corrected chi connectivity index (χ3v) is 7.00. The molecule has 2 aromatic carbocycles. The minimum atomic E-state index is -0.709. The quantitative estimate of drug-likeness (QED) is 0.400. The first-order valence-corrected chi connectivity index (χ1v) is 13.0. The third kappa shape index (κ3) is 5.53. The second kappa shape index (κ2) is 10.0. The van der Waals surface area contributed by atoms with E-state index >= 15 is 0 Å². The van der Waals surface area contributed by atoms with Gasteiger partial charge in [-0.1, -0.05) is 29.8 Å². The molecule has 5 rings (SSSR count). The molecule has 8 nitrogen and oxygen atoms in total. The van der Waals surface area contributed by atoms with Gasteiger partial charge < -0.3 is 14.8 Å². The molecule has 3 aromatic rings. The molecule has 0 aliphatic heterocycles. The fourth-order valence-electron chi connectivity index (χ4n) is 4.71. The number of carbonyl (C=O) groups excluding carboxylic acids is 2. The minimum absolute atomic E-state index is 0.0144. The Labute approximate surface area is 224 Å². The van der Waals surface area contributed by atoms with Crippen LogP contribution in [0, 0.1) is 11.7 Å². The van der Waals surface area contributed by atoms with E-state index in [0.29, 0.717) is 24.2 Å². The highest BCUT2D eigenvalue weighted by Crippen LogP contribution is 2.43. The van der Waals surface area contributed by atoms with Gasteiger partial charge in [0.1, 0.15) is 23.3 Å². The number of ether oxygens (including phenoxy) is 2. The first kappa shape index (κ1) is 26.2. The van der Waals surface area contributed by atoms with Gasteiger partial charge in [0.15, 0.2) is 0 Å². The number of carbonyl (C=O) groups is 2. The van der Waals surface area contributed by atoms with Crippen molar-refractivity contribution in [3.63, 3.8) is 0 Å². The Morgan fingerprint density at radius 1 is 1.16 bits per heavy atom. The van der Waals surface area contributed by atoms with Crippen LogP contribution in [0.3, 0.4) is 0 Å². The van der Waals surface area contributed by atoms with Crippen molar-refractivity contribution in [2.45, 2.75) is 70.2 Å². The molecular weight excluding hydrogens is 513 g/mol. The van der Waals surface area contributed by atoms with E-state index in [2.05, 4.69) is 5.32 Å². The Bertz CT molecular complexity index is 1440. The number of fused-ring (bicyclic) bond motifs is 1. The number of nitrogens with zero attached hydrogens (tertiary/aromatic N) is 2. The number of hydrogen-bond acceptors (Lipinski definition) is 6. The van der Waals surface area contributed by atoms with Crippen LogP contribution in [0.5, 0.6) is 0 Å². The lowest BCUT2D eigenvalue weighted by atomic mass is 9.88.